The van der Waals surface area contributed by atoms with Crippen molar-refractivity contribution < 1.29 is 0 Å². The first-order valence-electron chi connectivity index (χ1n) is 7.74. The molecule has 124 valence electrons. The normalized spacial score (nSPS) is 10.8. The maximum absolute atomic E-state index is 4.73. The third-order valence-corrected chi connectivity index (χ3v) is 3.84. The number of anilines is 3. The van der Waals surface area contributed by atoms with Crippen LogP contribution in [0.25, 0.3) is 22.4 Å². The van der Waals surface area contributed by atoms with Gasteiger partial charge in [-0.3, -0.25) is 0 Å². The number of fused-ring (bicyclic) bond motifs is 1. The van der Waals surface area contributed by atoms with Crippen molar-refractivity contribution in [2.45, 2.75) is 0 Å². The highest BCUT2D eigenvalue weighted by Gasteiger charge is 2.10. The Morgan fingerprint density at radius 3 is 2.64 bits per heavy atom. The summed E-state index contributed by atoms with van der Waals surface area (Å²) >= 11 is 0. The van der Waals surface area contributed by atoms with Crippen molar-refractivity contribution >= 4 is 28.4 Å². The lowest BCUT2D eigenvalue weighted by molar-refractivity contribution is 0.917. The summed E-state index contributed by atoms with van der Waals surface area (Å²) in [6.07, 6.45) is 6.79. The molecule has 0 spiro atoms. The lowest BCUT2D eigenvalue weighted by Crippen LogP contribution is -2.00. The Bertz CT molecular complexity index is 1020. The van der Waals surface area contributed by atoms with Crippen LogP contribution in [0, 0.1) is 0 Å². The Morgan fingerprint density at radius 2 is 1.92 bits per heavy atom. The number of hydrogen-bond donors (Lipinski definition) is 2. The molecule has 0 amide bonds. The molecule has 4 aromatic heterocycles. The second-order valence-electron chi connectivity index (χ2n) is 5.48. The van der Waals surface area contributed by atoms with Crippen LogP contribution in [0.3, 0.4) is 0 Å². The molecule has 0 radical (unpaired) electrons. The van der Waals surface area contributed by atoms with E-state index in [9.17, 15) is 0 Å². The lowest BCUT2D eigenvalue weighted by atomic mass is 10.2. The van der Waals surface area contributed by atoms with Gasteiger partial charge in [-0.1, -0.05) is 0 Å². The smallest absolute Gasteiger partial charge is 0.160 e. The van der Waals surface area contributed by atoms with Gasteiger partial charge in [-0.25, -0.2) is 24.9 Å². The van der Waals surface area contributed by atoms with E-state index in [4.69, 9.17) is 4.98 Å². The van der Waals surface area contributed by atoms with Crippen LogP contribution in [0.15, 0.2) is 49.3 Å². The van der Waals surface area contributed by atoms with Crippen LogP contribution in [0.2, 0.25) is 0 Å². The molecule has 25 heavy (non-hydrogen) atoms. The second-order valence-corrected chi connectivity index (χ2v) is 5.48. The maximum Gasteiger partial charge on any atom is 0.160 e. The summed E-state index contributed by atoms with van der Waals surface area (Å²) in [5.74, 6) is 1.43. The zero-order valence-electron chi connectivity index (χ0n) is 13.8. The topological polar surface area (TPSA) is 93.4 Å². The van der Waals surface area contributed by atoms with Crippen LogP contribution in [-0.2, 0) is 7.05 Å². The second kappa shape index (κ2) is 6.16. The molecule has 4 heterocycles. The molecule has 4 rings (SSSR count). The minimum atomic E-state index is 0.632. The molecular weight excluding hydrogens is 316 g/mol. The average Bonchev–Trinajstić information content (AvgIpc) is 3.08. The van der Waals surface area contributed by atoms with Gasteiger partial charge in [0.25, 0.3) is 0 Å². The first kappa shape index (κ1) is 15.0. The number of nitrogens with zero attached hydrogens (tertiary/aromatic N) is 6. The maximum atomic E-state index is 4.73. The monoisotopic (exact) mass is 332 g/mol. The summed E-state index contributed by atoms with van der Waals surface area (Å²) < 4.78 is 1.92. The molecule has 0 aliphatic carbocycles. The average molecular weight is 332 g/mol. The number of imidazole rings is 1. The highest BCUT2D eigenvalue weighted by molar-refractivity contribution is 5.88. The highest BCUT2D eigenvalue weighted by Crippen LogP contribution is 2.25. The van der Waals surface area contributed by atoms with E-state index in [0.29, 0.717) is 11.3 Å². The highest BCUT2D eigenvalue weighted by atomic mass is 15.1. The molecule has 0 aliphatic rings. The fourth-order valence-corrected chi connectivity index (χ4v) is 2.53. The molecule has 0 atom stereocenters. The summed E-state index contributed by atoms with van der Waals surface area (Å²) in [7, 11) is 3.76. The van der Waals surface area contributed by atoms with Gasteiger partial charge in [0.1, 0.15) is 17.7 Å². The molecule has 2 N–H and O–H groups in total. The molecule has 0 aliphatic heterocycles. The predicted molar refractivity (Wildman–Crippen MR) is 96.6 cm³/mol. The largest absolute Gasteiger partial charge is 0.373 e. The van der Waals surface area contributed by atoms with E-state index in [1.807, 2.05) is 42.9 Å². The third kappa shape index (κ3) is 2.85. The Labute approximate surface area is 144 Å². The minimum Gasteiger partial charge on any atom is -0.373 e. The van der Waals surface area contributed by atoms with E-state index in [1.165, 1.54) is 6.33 Å². The van der Waals surface area contributed by atoms with Gasteiger partial charge in [0.2, 0.25) is 0 Å². The van der Waals surface area contributed by atoms with Crippen LogP contribution >= 0.6 is 0 Å². The molecule has 8 nitrogen and oxygen atoms in total. The van der Waals surface area contributed by atoms with Crippen molar-refractivity contribution in [3.05, 3.63) is 49.3 Å². The Morgan fingerprint density at radius 1 is 1.00 bits per heavy atom. The molecule has 0 saturated heterocycles. The van der Waals surface area contributed by atoms with Crippen molar-refractivity contribution in [3.63, 3.8) is 0 Å². The van der Waals surface area contributed by atoms with Gasteiger partial charge in [-0.15, -0.1) is 0 Å². The number of pyridine rings is 2. The van der Waals surface area contributed by atoms with Crippen LogP contribution in [0.1, 0.15) is 0 Å². The van der Waals surface area contributed by atoms with E-state index in [-0.39, 0.29) is 0 Å². The van der Waals surface area contributed by atoms with Crippen molar-refractivity contribution in [1.29, 1.82) is 0 Å². The third-order valence-electron chi connectivity index (χ3n) is 3.84. The number of nitrogens with one attached hydrogen (secondary N) is 2. The van der Waals surface area contributed by atoms with E-state index in [0.717, 1.165) is 28.4 Å². The van der Waals surface area contributed by atoms with Gasteiger partial charge >= 0.3 is 0 Å². The summed E-state index contributed by atoms with van der Waals surface area (Å²) in [5, 5.41) is 6.25. The molecule has 0 bridgehead atoms. The van der Waals surface area contributed by atoms with Crippen LogP contribution in [0.5, 0.6) is 0 Å². The summed E-state index contributed by atoms with van der Waals surface area (Å²) in [5.41, 5.74) is 4.03. The van der Waals surface area contributed by atoms with Crippen LogP contribution in [-0.4, -0.2) is 36.5 Å². The molecule has 0 unspecified atom stereocenters. The Balaban J connectivity index is 1.76. The number of hydrogen-bond acceptors (Lipinski definition) is 7. The van der Waals surface area contributed by atoms with Gasteiger partial charge in [0.15, 0.2) is 5.82 Å². The molecule has 0 saturated carbocycles. The molecular formula is C17H16N8. The number of aryl methyl sites for hydroxylation is 1. The van der Waals surface area contributed by atoms with Crippen LogP contribution < -0.4 is 10.6 Å². The van der Waals surface area contributed by atoms with Gasteiger partial charge in [-0.2, -0.15) is 0 Å². The first-order chi connectivity index (χ1) is 12.2. The van der Waals surface area contributed by atoms with Gasteiger partial charge in [0, 0.05) is 14.1 Å². The predicted octanol–water partition coefficient (Wildman–Crippen LogP) is 2.61. The van der Waals surface area contributed by atoms with Gasteiger partial charge in [-0.05, 0) is 24.3 Å². The summed E-state index contributed by atoms with van der Waals surface area (Å²) in [6.45, 7) is 0. The van der Waals surface area contributed by atoms with Gasteiger partial charge < -0.3 is 15.2 Å². The Hall–Kier alpha value is -3.55. The fraction of sp³-hybridized carbons (Fsp3) is 0.118. The van der Waals surface area contributed by atoms with Gasteiger partial charge in [0.05, 0.1) is 41.3 Å². The van der Waals surface area contributed by atoms with E-state index in [2.05, 4.69) is 30.6 Å². The standard InChI is InChI=1S/C17H16N8/c1-18-15-6-3-11(7-20-15)23-17-16-13(21-9-22-17)5-4-12(24-16)14-8-19-10-25(14)2/h3-10H,1-2H3,(H,18,20)(H,21,22,23). The van der Waals surface area contributed by atoms with Crippen molar-refractivity contribution in [2.75, 3.05) is 17.7 Å². The fourth-order valence-electron chi connectivity index (χ4n) is 2.53. The molecule has 0 aromatic carbocycles. The number of rotatable bonds is 4. The lowest BCUT2D eigenvalue weighted by Gasteiger charge is -2.09. The Kier molecular flexibility index (Phi) is 3.70. The van der Waals surface area contributed by atoms with Crippen molar-refractivity contribution in [2.24, 2.45) is 7.05 Å². The van der Waals surface area contributed by atoms with Crippen LogP contribution in [0.4, 0.5) is 17.3 Å². The summed E-state index contributed by atoms with van der Waals surface area (Å²) in [4.78, 5) is 21.8. The molecule has 4 aromatic rings. The minimum absolute atomic E-state index is 0.632. The zero-order valence-corrected chi connectivity index (χ0v) is 13.8. The quantitative estimate of drug-likeness (QED) is 0.593. The summed E-state index contributed by atoms with van der Waals surface area (Å²) in [6, 6.07) is 7.68. The zero-order chi connectivity index (χ0) is 17.2. The van der Waals surface area contributed by atoms with E-state index < -0.39 is 0 Å². The molecule has 0 fully saturated rings. The SMILES string of the molecule is CNc1ccc(Nc2ncnc3ccc(-c4cncn4C)nc23)cn1. The van der Waals surface area contributed by atoms with E-state index in [1.54, 1.807) is 18.7 Å². The van der Waals surface area contributed by atoms with E-state index >= 15 is 0 Å². The number of aromatic nitrogens is 6. The first-order valence-corrected chi connectivity index (χ1v) is 7.74. The van der Waals surface area contributed by atoms with Crippen molar-refractivity contribution in [3.8, 4) is 11.4 Å². The molecule has 8 heteroatoms. The van der Waals surface area contributed by atoms with Crippen molar-refractivity contribution in [1.82, 2.24) is 29.5 Å².